The van der Waals surface area contributed by atoms with Gasteiger partial charge in [-0.15, -0.1) is 0 Å². The van der Waals surface area contributed by atoms with Gasteiger partial charge in [0.1, 0.15) is 0 Å². The summed E-state index contributed by atoms with van der Waals surface area (Å²) in [6.45, 7) is 10.9. The Kier molecular flexibility index (Phi) is 11.7. The minimum absolute atomic E-state index is 0.622. The highest BCUT2D eigenvalue weighted by Crippen LogP contribution is 1.98. The van der Waals surface area contributed by atoms with Crippen molar-refractivity contribution < 1.29 is 4.74 Å². The number of hydrogen-bond acceptors (Lipinski definition) is 3. The second-order valence-corrected chi connectivity index (χ2v) is 4.96. The van der Waals surface area contributed by atoms with Crippen molar-refractivity contribution in [3.05, 3.63) is 0 Å². The van der Waals surface area contributed by atoms with Crippen molar-refractivity contribution in [2.24, 2.45) is 4.99 Å². The van der Waals surface area contributed by atoms with Gasteiger partial charge in [0.25, 0.3) is 0 Å². The van der Waals surface area contributed by atoms with Crippen LogP contribution in [0, 0.1) is 0 Å². The Bertz CT molecular complexity index is 231. The van der Waals surface area contributed by atoms with Crippen molar-refractivity contribution in [2.45, 2.75) is 39.7 Å². The third kappa shape index (κ3) is 10.8. The summed E-state index contributed by atoms with van der Waals surface area (Å²) >= 11 is 0. The first kappa shape index (κ1) is 18.2. The van der Waals surface area contributed by atoms with E-state index in [4.69, 9.17) is 4.74 Å². The summed E-state index contributed by atoms with van der Waals surface area (Å²) in [4.78, 5) is 6.91. The molecule has 0 saturated carbocycles. The van der Waals surface area contributed by atoms with Crippen LogP contribution in [0.4, 0.5) is 0 Å². The number of rotatable bonds is 10. The molecular weight excluding hydrogens is 240 g/mol. The molecule has 0 aromatic carbocycles. The number of guanidine groups is 1. The zero-order valence-electron chi connectivity index (χ0n) is 13.3. The van der Waals surface area contributed by atoms with Crippen LogP contribution in [0.2, 0.25) is 0 Å². The van der Waals surface area contributed by atoms with Crippen LogP contribution in [0.15, 0.2) is 4.99 Å². The molecular formula is C14H32N4O. The molecule has 0 amide bonds. The van der Waals surface area contributed by atoms with E-state index in [-0.39, 0.29) is 0 Å². The maximum atomic E-state index is 5.01. The molecule has 0 aliphatic carbocycles. The van der Waals surface area contributed by atoms with Crippen molar-refractivity contribution in [2.75, 3.05) is 46.9 Å². The molecule has 0 atom stereocenters. The highest BCUT2D eigenvalue weighted by atomic mass is 16.5. The maximum Gasteiger partial charge on any atom is 0.191 e. The smallest absolute Gasteiger partial charge is 0.191 e. The molecule has 0 aliphatic heterocycles. The molecule has 5 heteroatoms. The van der Waals surface area contributed by atoms with Gasteiger partial charge in [-0.25, -0.2) is 0 Å². The summed E-state index contributed by atoms with van der Waals surface area (Å²) in [5.41, 5.74) is 0. The van der Waals surface area contributed by atoms with E-state index in [2.05, 4.69) is 48.3 Å². The fraction of sp³-hybridized carbons (Fsp3) is 0.929. The number of hydrogen-bond donors (Lipinski definition) is 2. The Morgan fingerprint density at radius 3 is 2.58 bits per heavy atom. The summed E-state index contributed by atoms with van der Waals surface area (Å²) in [5.74, 6) is 0.886. The van der Waals surface area contributed by atoms with Crippen LogP contribution in [0.3, 0.4) is 0 Å². The molecule has 5 nitrogen and oxygen atoms in total. The lowest BCUT2D eigenvalue weighted by atomic mass is 10.2. The van der Waals surface area contributed by atoms with Crippen LogP contribution in [0.25, 0.3) is 0 Å². The van der Waals surface area contributed by atoms with Gasteiger partial charge in [-0.2, -0.15) is 0 Å². The van der Waals surface area contributed by atoms with Crippen LogP contribution >= 0.6 is 0 Å². The fourth-order valence-electron chi connectivity index (χ4n) is 1.54. The van der Waals surface area contributed by atoms with Crippen LogP contribution in [0.1, 0.15) is 33.6 Å². The maximum absolute atomic E-state index is 5.01. The van der Waals surface area contributed by atoms with Gasteiger partial charge in [0.05, 0.1) is 6.61 Å². The Balaban J connectivity index is 3.77. The van der Waals surface area contributed by atoms with E-state index in [1.165, 1.54) is 6.42 Å². The Labute approximate surface area is 118 Å². The first-order chi connectivity index (χ1) is 9.11. The molecule has 0 radical (unpaired) electrons. The zero-order chi connectivity index (χ0) is 14.5. The number of methoxy groups -OCH3 is 1. The lowest BCUT2D eigenvalue weighted by Gasteiger charge is -2.20. The molecule has 0 aliphatic rings. The van der Waals surface area contributed by atoms with Gasteiger partial charge < -0.3 is 20.3 Å². The van der Waals surface area contributed by atoms with E-state index < -0.39 is 0 Å². The first-order valence-corrected chi connectivity index (χ1v) is 7.33. The lowest BCUT2D eigenvalue weighted by molar-refractivity contribution is 0.203. The third-order valence-corrected chi connectivity index (χ3v) is 3.01. The molecule has 0 heterocycles. The number of aliphatic imine (C=N–C) groups is 1. The molecule has 0 rings (SSSR count). The monoisotopic (exact) mass is 272 g/mol. The minimum atomic E-state index is 0.622. The van der Waals surface area contributed by atoms with Crippen LogP contribution < -0.4 is 10.6 Å². The summed E-state index contributed by atoms with van der Waals surface area (Å²) < 4.78 is 5.01. The van der Waals surface area contributed by atoms with Gasteiger partial charge in [-0.3, -0.25) is 4.99 Å². The standard InChI is InChI=1S/C14H32N4O/c1-6-15-14(17-10-12-19-5)16-9-7-8-11-18(4)13(2)3/h13H,6-12H2,1-5H3,(H2,15,16,17). The average Bonchev–Trinajstić information content (AvgIpc) is 2.38. The second kappa shape index (κ2) is 12.2. The van der Waals surface area contributed by atoms with Crippen LogP contribution in [0.5, 0.6) is 0 Å². The van der Waals surface area contributed by atoms with Gasteiger partial charge in [0.2, 0.25) is 0 Å². The van der Waals surface area contributed by atoms with E-state index in [1.54, 1.807) is 7.11 Å². The average molecular weight is 272 g/mol. The topological polar surface area (TPSA) is 48.9 Å². The van der Waals surface area contributed by atoms with Crippen LogP contribution in [-0.2, 0) is 4.74 Å². The SMILES string of the molecule is CCNC(=NCCCCN(C)C(C)C)NCCOC. The predicted octanol–water partition coefficient (Wildman–Crippen LogP) is 1.31. The molecule has 114 valence electrons. The summed E-state index contributed by atoms with van der Waals surface area (Å²) in [7, 11) is 3.88. The molecule has 0 bridgehead atoms. The highest BCUT2D eigenvalue weighted by Gasteiger charge is 2.01. The molecule has 0 unspecified atom stereocenters. The number of unbranched alkanes of at least 4 members (excludes halogenated alkanes) is 1. The molecule has 0 aromatic rings. The van der Waals surface area contributed by atoms with Gasteiger partial charge in [-0.05, 0) is 47.2 Å². The van der Waals surface area contributed by atoms with E-state index in [0.29, 0.717) is 12.6 Å². The lowest BCUT2D eigenvalue weighted by Crippen LogP contribution is -2.39. The molecule has 0 spiro atoms. The Morgan fingerprint density at radius 2 is 2.00 bits per heavy atom. The molecule has 19 heavy (non-hydrogen) atoms. The molecule has 0 saturated heterocycles. The zero-order valence-corrected chi connectivity index (χ0v) is 13.3. The molecule has 2 N–H and O–H groups in total. The van der Waals surface area contributed by atoms with Gasteiger partial charge in [-0.1, -0.05) is 0 Å². The number of ether oxygens (including phenoxy) is 1. The van der Waals surface area contributed by atoms with Crippen LogP contribution in [-0.4, -0.2) is 63.8 Å². The normalized spacial score (nSPS) is 12.3. The van der Waals surface area contributed by atoms with Gasteiger partial charge >= 0.3 is 0 Å². The van der Waals surface area contributed by atoms with Crippen molar-refractivity contribution in [3.8, 4) is 0 Å². The minimum Gasteiger partial charge on any atom is -0.383 e. The van der Waals surface area contributed by atoms with E-state index in [1.807, 2.05) is 0 Å². The van der Waals surface area contributed by atoms with Crippen molar-refractivity contribution >= 4 is 5.96 Å². The molecule has 0 fully saturated rings. The van der Waals surface area contributed by atoms with Gasteiger partial charge in [0.15, 0.2) is 5.96 Å². The van der Waals surface area contributed by atoms with E-state index in [9.17, 15) is 0 Å². The van der Waals surface area contributed by atoms with Crippen molar-refractivity contribution in [3.63, 3.8) is 0 Å². The van der Waals surface area contributed by atoms with E-state index in [0.717, 1.165) is 38.6 Å². The second-order valence-electron chi connectivity index (χ2n) is 4.96. The fourth-order valence-corrected chi connectivity index (χ4v) is 1.54. The predicted molar refractivity (Wildman–Crippen MR) is 82.9 cm³/mol. The van der Waals surface area contributed by atoms with Gasteiger partial charge in [0, 0.05) is 32.8 Å². The van der Waals surface area contributed by atoms with Crippen molar-refractivity contribution in [1.82, 2.24) is 15.5 Å². The summed E-state index contributed by atoms with van der Waals surface area (Å²) in [6.07, 6.45) is 2.31. The highest BCUT2D eigenvalue weighted by molar-refractivity contribution is 5.79. The molecule has 0 aromatic heterocycles. The first-order valence-electron chi connectivity index (χ1n) is 7.33. The Morgan fingerprint density at radius 1 is 1.26 bits per heavy atom. The summed E-state index contributed by atoms with van der Waals surface area (Å²) in [5, 5.41) is 6.48. The third-order valence-electron chi connectivity index (χ3n) is 3.01. The summed E-state index contributed by atoms with van der Waals surface area (Å²) in [6, 6.07) is 0.622. The number of nitrogens with zero attached hydrogens (tertiary/aromatic N) is 2. The quantitative estimate of drug-likeness (QED) is 0.358. The largest absolute Gasteiger partial charge is 0.383 e. The number of nitrogens with one attached hydrogen (secondary N) is 2. The van der Waals surface area contributed by atoms with E-state index >= 15 is 0 Å². The Hall–Kier alpha value is -0.810. The van der Waals surface area contributed by atoms with Crippen molar-refractivity contribution in [1.29, 1.82) is 0 Å².